The van der Waals surface area contributed by atoms with E-state index in [0.717, 1.165) is 23.8 Å². The third-order valence-electron chi connectivity index (χ3n) is 3.95. The third kappa shape index (κ3) is 2.79. The summed E-state index contributed by atoms with van der Waals surface area (Å²) in [6, 6.07) is 0.725. The average Bonchev–Trinajstić information content (AvgIpc) is 2.85. The lowest BCUT2D eigenvalue weighted by Crippen LogP contribution is -2.35. The molecule has 2 aliphatic rings. The Balaban J connectivity index is 1.71. The van der Waals surface area contributed by atoms with Crippen LogP contribution in [0.25, 0.3) is 0 Å². The van der Waals surface area contributed by atoms with Gasteiger partial charge in [-0.3, -0.25) is 0 Å². The fraction of sp³-hybridized carbons (Fsp3) is 0.846. The largest absolute Gasteiger partial charge is 0.313 e. The van der Waals surface area contributed by atoms with Gasteiger partial charge >= 0.3 is 0 Å². The van der Waals surface area contributed by atoms with E-state index >= 15 is 0 Å². The van der Waals surface area contributed by atoms with Gasteiger partial charge in [0.05, 0.1) is 0 Å². The van der Waals surface area contributed by atoms with Crippen LogP contribution >= 0.6 is 11.8 Å². The predicted molar refractivity (Wildman–Crippen MR) is 69.3 cm³/mol. The molecule has 0 saturated heterocycles. The number of hydrogen-bond donors (Lipinski definition) is 1. The summed E-state index contributed by atoms with van der Waals surface area (Å²) >= 11 is 1.96. The summed E-state index contributed by atoms with van der Waals surface area (Å²) in [6.07, 6.45) is 11.2. The van der Waals surface area contributed by atoms with Crippen molar-refractivity contribution in [1.29, 1.82) is 0 Å². The Hall–Kier alpha value is 0.0500. The predicted octanol–water partition coefficient (Wildman–Crippen LogP) is 2.93. The van der Waals surface area contributed by atoms with Crippen LogP contribution in [-0.4, -0.2) is 24.6 Å². The lowest BCUT2D eigenvalue weighted by atomic mass is 9.93. The highest BCUT2D eigenvalue weighted by Gasteiger charge is 2.35. The second kappa shape index (κ2) is 5.40. The standard InChI is InChI=1S/C13H23NS/c1-3-13(9-15-2)14-8-12-7-10-4-5-11(12)6-10/h4-5,10-14H,3,6-9H2,1-2H3. The molecule has 2 heteroatoms. The summed E-state index contributed by atoms with van der Waals surface area (Å²) in [6.45, 7) is 3.53. The fourth-order valence-corrected chi connectivity index (χ4v) is 3.73. The van der Waals surface area contributed by atoms with E-state index in [9.17, 15) is 0 Å². The number of rotatable bonds is 6. The van der Waals surface area contributed by atoms with Crippen molar-refractivity contribution < 1.29 is 0 Å². The Bertz CT molecular complexity index is 227. The minimum atomic E-state index is 0.725. The minimum Gasteiger partial charge on any atom is -0.313 e. The first-order valence-electron chi connectivity index (χ1n) is 6.24. The molecule has 1 saturated carbocycles. The maximum Gasteiger partial charge on any atom is 0.0155 e. The second-order valence-electron chi connectivity index (χ2n) is 5.01. The molecule has 1 N–H and O–H groups in total. The maximum atomic E-state index is 3.74. The van der Waals surface area contributed by atoms with E-state index in [2.05, 4.69) is 30.6 Å². The monoisotopic (exact) mass is 225 g/mol. The van der Waals surface area contributed by atoms with Crippen molar-refractivity contribution in [3.05, 3.63) is 12.2 Å². The first kappa shape index (κ1) is 11.5. The molecule has 2 rings (SSSR count). The normalized spacial score (nSPS) is 34.9. The van der Waals surface area contributed by atoms with Crippen LogP contribution in [0.2, 0.25) is 0 Å². The fourth-order valence-electron chi connectivity index (χ4n) is 2.97. The van der Waals surface area contributed by atoms with E-state index in [0.29, 0.717) is 0 Å². The van der Waals surface area contributed by atoms with Crippen LogP contribution < -0.4 is 5.32 Å². The highest BCUT2D eigenvalue weighted by Crippen LogP contribution is 2.42. The Labute approximate surface area is 98.1 Å². The van der Waals surface area contributed by atoms with Gasteiger partial charge in [0.1, 0.15) is 0 Å². The van der Waals surface area contributed by atoms with E-state index in [1.807, 2.05) is 11.8 Å². The molecule has 2 bridgehead atoms. The molecule has 0 aliphatic heterocycles. The van der Waals surface area contributed by atoms with Gasteiger partial charge in [0, 0.05) is 11.8 Å². The quantitative estimate of drug-likeness (QED) is 0.698. The Morgan fingerprint density at radius 2 is 2.27 bits per heavy atom. The summed E-state index contributed by atoms with van der Waals surface area (Å²) in [7, 11) is 0. The number of allylic oxidation sites excluding steroid dienone is 2. The van der Waals surface area contributed by atoms with E-state index in [1.165, 1.54) is 31.6 Å². The molecule has 2 aliphatic carbocycles. The smallest absolute Gasteiger partial charge is 0.0155 e. The Kier molecular flexibility index (Phi) is 4.15. The van der Waals surface area contributed by atoms with Crippen molar-refractivity contribution in [1.82, 2.24) is 5.32 Å². The molecule has 1 fully saturated rings. The first-order chi connectivity index (χ1) is 7.33. The zero-order chi connectivity index (χ0) is 10.7. The third-order valence-corrected chi connectivity index (χ3v) is 4.68. The van der Waals surface area contributed by atoms with Gasteiger partial charge in [-0.1, -0.05) is 19.1 Å². The number of hydrogen-bond acceptors (Lipinski definition) is 2. The summed E-state index contributed by atoms with van der Waals surface area (Å²) in [4.78, 5) is 0. The van der Waals surface area contributed by atoms with Crippen LogP contribution in [0, 0.1) is 17.8 Å². The highest BCUT2D eigenvalue weighted by atomic mass is 32.2. The molecule has 4 unspecified atom stereocenters. The molecule has 15 heavy (non-hydrogen) atoms. The van der Waals surface area contributed by atoms with Gasteiger partial charge in [0.25, 0.3) is 0 Å². The van der Waals surface area contributed by atoms with E-state index < -0.39 is 0 Å². The van der Waals surface area contributed by atoms with Crippen molar-refractivity contribution in [2.75, 3.05) is 18.6 Å². The van der Waals surface area contributed by atoms with Crippen LogP contribution in [0.15, 0.2) is 12.2 Å². The van der Waals surface area contributed by atoms with Gasteiger partial charge in [-0.2, -0.15) is 11.8 Å². The number of nitrogens with one attached hydrogen (secondary N) is 1. The van der Waals surface area contributed by atoms with Gasteiger partial charge in [0.15, 0.2) is 0 Å². The zero-order valence-corrected chi connectivity index (χ0v) is 10.7. The van der Waals surface area contributed by atoms with Crippen LogP contribution in [0.5, 0.6) is 0 Å². The number of fused-ring (bicyclic) bond motifs is 2. The van der Waals surface area contributed by atoms with Crippen molar-refractivity contribution in [3.8, 4) is 0 Å². The summed E-state index contributed by atoms with van der Waals surface area (Å²) in [5.41, 5.74) is 0. The molecule has 1 nitrogen and oxygen atoms in total. The van der Waals surface area contributed by atoms with Crippen molar-refractivity contribution >= 4 is 11.8 Å². The van der Waals surface area contributed by atoms with Crippen molar-refractivity contribution in [3.63, 3.8) is 0 Å². The van der Waals surface area contributed by atoms with Gasteiger partial charge < -0.3 is 5.32 Å². The van der Waals surface area contributed by atoms with Crippen LogP contribution in [0.4, 0.5) is 0 Å². The number of thioether (sulfide) groups is 1. The highest BCUT2D eigenvalue weighted by molar-refractivity contribution is 7.98. The summed E-state index contributed by atoms with van der Waals surface area (Å²) in [5, 5.41) is 3.74. The molecule has 0 aromatic carbocycles. The van der Waals surface area contributed by atoms with Gasteiger partial charge in [-0.05, 0) is 49.8 Å². The second-order valence-corrected chi connectivity index (χ2v) is 5.92. The molecule has 0 heterocycles. The molecule has 0 aromatic heterocycles. The molecule has 0 aromatic rings. The van der Waals surface area contributed by atoms with Crippen LogP contribution in [-0.2, 0) is 0 Å². The lowest BCUT2D eigenvalue weighted by molar-refractivity contribution is 0.388. The molecule has 0 amide bonds. The topological polar surface area (TPSA) is 12.0 Å². The SMILES string of the molecule is CCC(CSC)NCC1CC2C=CC1C2. The van der Waals surface area contributed by atoms with E-state index in [-0.39, 0.29) is 0 Å². The van der Waals surface area contributed by atoms with Gasteiger partial charge in [0.2, 0.25) is 0 Å². The van der Waals surface area contributed by atoms with E-state index in [4.69, 9.17) is 0 Å². The summed E-state index contributed by atoms with van der Waals surface area (Å²) < 4.78 is 0. The molecule has 0 radical (unpaired) electrons. The van der Waals surface area contributed by atoms with Crippen molar-refractivity contribution in [2.45, 2.75) is 32.2 Å². The molecular formula is C13H23NS. The molecular weight excluding hydrogens is 202 g/mol. The Morgan fingerprint density at radius 3 is 2.80 bits per heavy atom. The van der Waals surface area contributed by atoms with Crippen LogP contribution in [0.1, 0.15) is 26.2 Å². The van der Waals surface area contributed by atoms with Gasteiger partial charge in [-0.25, -0.2) is 0 Å². The minimum absolute atomic E-state index is 0.725. The Morgan fingerprint density at radius 1 is 1.40 bits per heavy atom. The zero-order valence-electron chi connectivity index (χ0n) is 9.91. The molecule has 4 atom stereocenters. The molecule has 0 spiro atoms. The average molecular weight is 225 g/mol. The van der Waals surface area contributed by atoms with Gasteiger partial charge in [-0.15, -0.1) is 0 Å². The first-order valence-corrected chi connectivity index (χ1v) is 7.63. The summed E-state index contributed by atoms with van der Waals surface area (Å²) in [5.74, 6) is 4.00. The van der Waals surface area contributed by atoms with Crippen LogP contribution in [0.3, 0.4) is 0 Å². The maximum absolute atomic E-state index is 3.74. The molecule has 86 valence electrons. The van der Waals surface area contributed by atoms with E-state index in [1.54, 1.807) is 0 Å². The lowest BCUT2D eigenvalue weighted by Gasteiger charge is -2.22. The van der Waals surface area contributed by atoms with Crippen molar-refractivity contribution in [2.24, 2.45) is 17.8 Å².